The van der Waals surface area contributed by atoms with Crippen LogP contribution < -0.4 is 10.5 Å². The van der Waals surface area contributed by atoms with Gasteiger partial charge in [0.25, 0.3) is 0 Å². The van der Waals surface area contributed by atoms with Gasteiger partial charge in [0.15, 0.2) is 0 Å². The summed E-state index contributed by atoms with van der Waals surface area (Å²) >= 11 is 3.30. The molecule has 0 aliphatic carbocycles. The predicted octanol–water partition coefficient (Wildman–Crippen LogP) is 2.10. The van der Waals surface area contributed by atoms with Crippen LogP contribution in [0.5, 0.6) is 0 Å². The molecule has 100 valence electrons. The molecular weight excluding hydrogens is 330 g/mol. The van der Waals surface area contributed by atoms with E-state index in [4.69, 9.17) is 5.14 Å². The Morgan fingerprint density at radius 1 is 1.26 bits per heavy atom. The minimum atomic E-state index is -3.66. The van der Waals surface area contributed by atoms with Crippen LogP contribution in [0.1, 0.15) is 5.56 Å². The lowest BCUT2D eigenvalue weighted by atomic mass is 10.2. The Hall–Kier alpha value is -1.44. The molecule has 0 fully saturated rings. The van der Waals surface area contributed by atoms with E-state index in [1.165, 1.54) is 6.07 Å². The summed E-state index contributed by atoms with van der Waals surface area (Å²) < 4.78 is 23.4. The molecule has 0 unspecified atom stereocenters. The Bertz CT molecular complexity index is 672. The molecule has 1 aromatic carbocycles. The third kappa shape index (κ3) is 4.02. The van der Waals surface area contributed by atoms with E-state index in [1.54, 1.807) is 18.3 Å². The van der Waals surface area contributed by atoms with Crippen molar-refractivity contribution >= 4 is 31.8 Å². The third-order valence-corrected chi connectivity index (χ3v) is 3.81. The number of hydrogen-bond donors (Lipinski definition) is 2. The summed E-state index contributed by atoms with van der Waals surface area (Å²) in [5.74, 6) is 0.712. The monoisotopic (exact) mass is 341 g/mol. The fourth-order valence-corrected chi connectivity index (χ4v) is 2.32. The zero-order valence-corrected chi connectivity index (χ0v) is 12.3. The summed E-state index contributed by atoms with van der Waals surface area (Å²) in [6, 6.07) is 10.2. The normalized spacial score (nSPS) is 11.3. The van der Waals surface area contributed by atoms with Gasteiger partial charge in [0.05, 0.1) is 4.90 Å². The number of nitrogens with one attached hydrogen (secondary N) is 1. The van der Waals surface area contributed by atoms with E-state index in [0.29, 0.717) is 12.4 Å². The molecule has 2 aromatic rings. The highest BCUT2D eigenvalue weighted by Crippen LogP contribution is 2.13. The smallest absolute Gasteiger partial charge is 0.238 e. The summed E-state index contributed by atoms with van der Waals surface area (Å²) in [6.45, 7) is 0.470. The Kier molecular flexibility index (Phi) is 4.18. The second-order valence-electron chi connectivity index (χ2n) is 3.91. The second kappa shape index (κ2) is 5.68. The molecule has 0 bridgehead atoms. The molecule has 0 aliphatic rings. The van der Waals surface area contributed by atoms with E-state index in [0.717, 1.165) is 10.0 Å². The lowest BCUT2D eigenvalue weighted by Crippen LogP contribution is -2.12. The molecule has 0 aliphatic heterocycles. The summed E-state index contributed by atoms with van der Waals surface area (Å²) in [4.78, 5) is 4.27. The molecule has 19 heavy (non-hydrogen) atoms. The molecule has 1 heterocycles. The number of halogens is 1. The summed E-state index contributed by atoms with van der Waals surface area (Å²) in [5.41, 5.74) is 0.816. The molecular formula is C12H12BrN3O2S. The number of pyridine rings is 1. The lowest BCUT2D eigenvalue weighted by molar-refractivity contribution is 0.597. The van der Waals surface area contributed by atoms with E-state index in [1.807, 2.05) is 18.2 Å². The molecule has 5 nitrogen and oxygen atoms in total. The number of nitrogens with two attached hydrogens (primary N) is 1. The summed E-state index contributed by atoms with van der Waals surface area (Å²) in [5, 5.41) is 8.18. The quantitative estimate of drug-likeness (QED) is 0.891. The first-order valence-corrected chi connectivity index (χ1v) is 7.76. The van der Waals surface area contributed by atoms with Crippen LogP contribution in [0.25, 0.3) is 0 Å². The predicted molar refractivity (Wildman–Crippen MR) is 77.1 cm³/mol. The number of rotatable bonds is 4. The average molecular weight is 342 g/mol. The van der Waals surface area contributed by atoms with Crippen molar-refractivity contribution in [2.24, 2.45) is 5.14 Å². The van der Waals surface area contributed by atoms with Crippen LogP contribution in [0.15, 0.2) is 52.0 Å². The lowest BCUT2D eigenvalue weighted by Gasteiger charge is -2.07. The van der Waals surface area contributed by atoms with E-state index in [9.17, 15) is 8.42 Å². The highest BCUT2D eigenvalue weighted by Gasteiger charge is 2.07. The number of sulfonamides is 1. The van der Waals surface area contributed by atoms with Crippen LogP contribution in [0.3, 0.4) is 0 Å². The zero-order chi connectivity index (χ0) is 13.9. The Morgan fingerprint density at radius 2 is 2.05 bits per heavy atom. The van der Waals surface area contributed by atoms with Gasteiger partial charge in [0, 0.05) is 17.2 Å². The Morgan fingerprint density at radius 3 is 2.68 bits per heavy atom. The Balaban J connectivity index is 2.10. The molecule has 0 spiro atoms. The van der Waals surface area contributed by atoms with Crippen molar-refractivity contribution in [2.75, 3.05) is 5.32 Å². The highest BCUT2D eigenvalue weighted by molar-refractivity contribution is 9.10. The minimum Gasteiger partial charge on any atom is -0.366 e. The number of nitrogens with zero attached hydrogens (tertiary/aromatic N) is 1. The van der Waals surface area contributed by atoms with Gasteiger partial charge in [-0.1, -0.05) is 12.1 Å². The minimum absolute atomic E-state index is 0.107. The molecule has 0 saturated carbocycles. The number of hydrogen-bond acceptors (Lipinski definition) is 4. The van der Waals surface area contributed by atoms with E-state index >= 15 is 0 Å². The number of primary sulfonamides is 1. The van der Waals surface area contributed by atoms with Crippen molar-refractivity contribution in [3.8, 4) is 0 Å². The van der Waals surface area contributed by atoms with Gasteiger partial charge < -0.3 is 5.32 Å². The first kappa shape index (κ1) is 14.0. The highest BCUT2D eigenvalue weighted by atomic mass is 79.9. The molecule has 0 saturated heterocycles. The molecule has 3 N–H and O–H groups in total. The van der Waals surface area contributed by atoms with Crippen molar-refractivity contribution in [1.29, 1.82) is 0 Å². The van der Waals surface area contributed by atoms with Crippen LogP contribution in [0.2, 0.25) is 0 Å². The number of anilines is 1. The van der Waals surface area contributed by atoms with E-state index < -0.39 is 10.0 Å². The molecule has 2 rings (SSSR count). The van der Waals surface area contributed by atoms with Crippen LogP contribution in [-0.4, -0.2) is 13.4 Å². The maximum absolute atomic E-state index is 11.2. The Labute approximate surface area is 120 Å². The van der Waals surface area contributed by atoms with Gasteiger partial charge in [-0.3, -0.25) is 0 Å². The van der Waals surface area contributed by atoms with Gasteiger partial charge in [-0.2, -0.15) is 0 Å². The van der Waals surface area contributed by atoms with Crippen molar-refractivity contribution in [2.45, 2.75) is 11.4 Å². The fourth-order valence-electron chi connectivity index (χ4n) is 1.51. The standard InChI is InChI=1S/C12H12BrN3O2S/c13-10-4-5-12(16-8-10)15-7-9-2-1-3-11(6-9)19(14,17)18/h1-6,8H,7H2,(H,15,16)(H2,14,17,18). The van der Waals surface area contributed by atoms with Crippen LogP contribution in [-0.2, 0) is 16.6 Å². The largest absolute Gasteiger partial charge is 0.366 e. The van der Waals surface area contributed by atoms with Gasteiger partial charge >= 0.3 is 0 Å². The molecule has 0 amide bonds. The SMILES string of the molecule is NS(=O)(=O)c1cccc(CNc2ccc(Br)cn2)c1. The zero-order valence-electron chi connectivity index (χ0n) is 9.88. The molecule has 0 atom stereocenters. The van der Waals surface area contributed by atoms with Crippen LogP contribution >= 0.6 is 15.9 Å². The third-order valence-electron chi connectivity index (χ3n) is 2.43. The van der Waals surface area contributed by atoms with Crippen molar-refractivity contribution < 1.29 is 8.42 Å². The van der Waals surface area contributed by atoms with E-state index in [2.05, 4.69) is 26.2 Å². The van der Waals surface area contributed by atoms with E-state index in [-0.39, 0.29) is 4.90 Å². The maximum atomic E-state index is 11.2. The molecule has 0 radical (unpaired) electrons. The van der Waals surface area contributed by atoms with Gasteiger partial charge in [-0.15, -0.1) is 0 Å². The molecule has 1 aromatic heterocycles. The topological polar surface area (TPSA) is 85.1 Å². The second-order valence-corrected chi connectivity index (χ2v) is 6.38. The van der Waals surface area contributed by atoms with Gasteiger partial charge in [0.2, 0.25) is 10.0 Å². The maximum Gasteiger partial charge on any atom is 0.238 e. The van der Waals surface area contributed by atoms with Gasteiger partial charge in [-0.25, -0.2) is 18.5 Å². The average Bonchev–Trinajstić information content (AvgIpc) is 2.37. The number of aromatic nitrogens is 1. The van der Waals surface area contributed by atoms with Gasteiger partial charge in [0.1, 0.15) is 5.82 Å². The number of benzene rings is 1. The summed E-state index contributed by atoms with van der Waals surface area (Å²) in [7, 11) is -3.66. The fraction of sp³-hybridized carbons (Fsp3) is 0.0833. The van der Waals surface area contributed by atoms with Crippen LogP contribution in [0, 0.1) is 0 Å². The first-order chi connectivity index (χ1) is 8.95. The molecule has 7 heteroatoms. The summed E-state index contributed by atoms with van der Waals surface area (Å²) in [6.07, 6.45) is 1.68. The van der Waals surface area contributed by atoms with Crippen molar-refractivity contribution in [3.05, 3.63) is 52.6 Å². The van der Waals surface area contributed by atoms with Crippen molar-refractivity contribution in [3.63, 3.8) is 0 Å². The van der Waals surface area contributed by atoms with Crippen LogP contribution in [0.4, 0.5) is 5.82 Å². The first-order valence-electron chi connectivity index (χ1n) is 5.42. The van der Waals surface area contributed by atoms with Gasteiger partial charge in [-0.05, 0) is 45.8 Å². The van der Waals surface area contributed by atoms with Crippen molar-refractivity contribution in [1.82, 2.24) is 4.98 Å².